The highest BCUT2D eigenvalue weighted by Crippen LogP contribution is 2.25. The van der Waals surface area contributed by atoms with Gasteiger partial charge < -0.3 is 14.5 Å². The topological polar surface area (TPSA) is 81.3 Å². The fourth-order valence-electron chi connectivity index (χ4n) is 2.43. The Hall–Kier alpha value is -3.41. The van der Waals surface area contributed by atoms with E-state index in [2.05, 4.69) is 9.97 Å². The highest BCUT2D eigenvalue weighted by atomic mass is 16.5. The van der Waals surface area contributed by atoms with Gasteiger partial charge in [-0.25, -0.2) is 4.98 Å². The van der Waals surface area contributed by atoms with Gasteiger partial charge in [0.2, 0.25) is 0 Å². The van der Waals surface area contributed by atoms with Gasteiger partial charge in [-0.2, -0.15) is 0 Å². The van der Waals surface area contributed by atoms with Gasteiger partial charge in [0.25, 0.3) is 5.56 Å². The molecule has 0 fully saturated rings. The van der Waals surface area contributed by atoms with Crippen molar-refractivity contribution in [2.45, 2.75) is 0 Å². The predicted molar refractivity (Wildman–Crippen MR) is 95.3 cm³/mol. The molecule has 3 aromatic rings. The van der Waals surface area contributed by atoms with Crippen molar-refractivity contribution in [1.29, 1.82) is 0 Å². The van der Waals surface area contributed by atoms with Gasteiger partial charge >= 0.3 is 0 Å². The zero-order valence-corrected chi connectivity index (χ0v) is 13.8. The number of aromatic nitrogens is 2. The Balaban J connectivity index is 1.92. The predicted octanol–water partition coefficient (Wildman–Crippen LogP) is 2.84. The van der Waals surface area contributed by atoms with Gasteiger partial charge in [0.15, 0.2) is 5.78 Å². The fraction of sp³-hybridized carbons (Fsp3) is 0.105. The van der Waals surface area contributed by atoms with Crippen LogP contribution >= 0.6 is 0 Å². The van der Waals surface area contributed by atoms with E-state index in [0.717, 1.165) is 0 Å². The lowest BCUT2D eigenvalue weighted by Crippen LogP contribution is -2.09. The number of carbonyl (C=O) groups excluding carboxylic acids is 1. The largest absolute Gasteiger partial charge is 0.497 e. The minimum atomic E-state index is -0.268. The molecule has 0 aliphatic rings. The van der Waals surface area contributed by atoms with Crippen LogP contribution in [0.3, 0.4) is 0 Å². The molecule has 0 amide bonds. The lowest BCUT2D eigenvalue weighted by Gasteiger charge is -2.07. The van der Waals surface area contributed by atoms with Crippen molar-refractivity contribution in [1.82, 2.24) is 9.97 Å². The zero-order valence-electron chi connectivity index (χ0n) is 13.8. The first-order valence-electron chi connectivity index (χ1n) is 7.56. The molecule has 1 N–H and O–H groups in total. The number of rotatable bonds is 5. The third-order valence-corrected chi connectivity index (χ3v) is 3.70. The average molecular weight is 336 g/mol. The quantitative estimate of drug-likeness (QED) is 0.572. The van der Waals surface area contributed by atoms with Crippen LogP contribution in [0.1, 0.15) is 16.2 Å². The van der Waals surface area contributed by atoms with Gasteiger partial charge in [-0.05, 0) is 36.4 Å². The normalized spacial score (nSPS) is 11.0. The standard InChI is InChI=1S/C19H16N2O4/c1-24-12-7-8-14(17(11-12)25-2)16(22)9-10-18-20-15-6-4-3-5-13(15)19(23)21-18/h3-11H,1-2H3,(H,20,21,23)/b10-9+. The molecule has 1 heterocycles. The number of fused-ring (bicyclic) bond motifs is 1. The summed E-state index contributed by atoms with van der Waals surface area (Å²) >= 11 is 0. The van der Waals surface area contributed by atoms with Crippen molar-refractivity contribution in [3.63, 3.8) is 0 Å². The molecule has 0 saturated heterocycles. The molecule has 0 bridgehead atoms. The van der Waals surface area contributed by atoms with Gasteiger partial charge in [-0.3, -0.25) is 9.59 Å². The number of hydrogen-bond donors (Lipinski definition) is 1. The van der Waals surface area contributed by atoms with Crippen LogP contribution in [0.25, 0.3) is 17.0 Å². The van der Waals surface area contributed by atoms with Gasteiger partial charge in [-0.1, -0.05) is 12.1 Å². The van der Waals surface area contributed by atoms with E-state index in [9.17, 15) is 9.59 Å². The SMILES string of the molecule is COc1ccc(C(=O)/C=C/c2nc3ccccc3c(=O)[nH]2)c(OC)c1. The molecule has 0 aliphatic heterocycles. The van der Waals surface area contributed by atoms with E-state index in [-0.39, 0.29) is 11.3 Å². The number of carbonyl (C=O) groups is 1. The molecule has 0 saturated carbocycles. The van der Waals surface area contributed by atoms with Gasteiger partial charge in [0.05, 0.1) is 30.7 Å². The molecule has 25 heavy (non-hydrogen) atoms. The lowest BCUT2D eigenvalue weighted by molar-refractivity contribution is 0.104. The minimum Gasteiger partial charge on any atom is -0.497 e. The Morgan fingerprint density at radius 2 is 1.92 bits per heavy atom. The van der Waals surface area contributed by atoms with Crippen LogP contribution in [0.5, 0.6) is 11.5 Å². The molecule has 0 radical (unpaired) electrons. The summed E-state index contributed by atoms with van der Waals surface area (Å²) in [6.45, 7) is 0. The number of nitrogens with zero attached hydrogens (tertiary/aromatic N) is 1. The second-order valence-corrected chi connectivity index (χ2v) is 5.23. The van der Waals surface area contributed by atoms with Crippen LogP contribution < -0.4 is 15.0 Å². The van der Waals surface area contributed by atoms with E-state index in [0.29, 0.717) is 33.8 Å². The number of para-hydroxylation sites is 1. The third-order valence-electron chi connectivity index (χ3n) is 3.70. The van der Waals surface area contributed by atoms with Gasteiger partial charge in [-0.15, -0.1) is 0 Å². The summed E-state index contributed by atoms with van der Waals surface area (Å²) in [5, 5.41) is 0.503. The minimum absolute atomic E-state index is 0.250. The number of aromatic amines is 1. The highest BCUT2D eigenvalue weighted by Gasteiger charge is 2.11. The molecule has 0 unspecified atom stereocenters. The van der Waals surface area contributed by atoms with Crippen LogP contribution in [0, 0.1) is 0 Å². The molecule has 6 nitrogen and oxygen atoms in total. The maximum atomic E-state index is 12.4. The number of hydrogen-bond acceptors (Lipinski definition) is 5. The zero-order chi connectivity index (χ0) is 17.8. The monoisotopic (exact) mass is 336 g/mol. The molecule has 0 atom stereocenters. The van der Waals surface area contributed by atoms with Crippen LogP contribution in [-0.4, -0.2) is 30.0 Å². The van der Waals surface area contributed by atoms with Crippen molar-refractivity contribution in [3.05, 3.63) is 70.3 Å². The van der Waals surface area contributed by atoms with Crippen LogP contribution in [0.15, 0.2) is 53.3 Å². The Kier molecular flexibility index (Phi) is 4.61. The number of ketones is 1. The summed E-state index contributed by atoms with van der Waals surface area (Å²) in [6.07, 6.45) is 2.82. The Labute approximate surface area is 143 Å². The first kappa shape index (κ1) is 16.4. The van der Waals surface area contributed by atoms with Crippen LogP contribution in [-0.2, 0) is 0 Å². The summed E-state index contributed by atoms with van der Waals surface area (Å²) in [5.74, 6) is 1.05. The number of ether oxygens (including phenoxy) is 2. The van der Waals surface area contributed by atoms with E-state index >= 15 is 0 Å². The lowest BCUT2D eigenvalue weighted by atomic mass is 10.1. The third kappa shape index (κ3) is 3.42. The maximum absolute atomic E-state index is 12.4. The second kappa shape index (κ2) is 7.00. The average Bonchev–Trinajstić information content (AvgIpc) is 2.65. The number of benzene rings is 2. The number of methoxy groups -OCH3 is 2. The summed E-state index contributed by atoms with van der Waals surface area (Å²) in [4.78, 5) is 31.4. The summed E-state index contributed by atoms with van der Waals surface area (Å²) in [7, 11) is 3.02. The van der Waals surface area contributed by atoms with Crippen molar-refractivity contribution in [2.24, 2.45) is 0 Å². The van der Waals surface area contributed by atoms with E-state index in [1.165, 1.54) is 26.4 Å². The van der Waals surface area contributed by atoms with Gasteiger partial charge in [0.1, 0.15) is 17.3 Å². The molecule has 0 spiro atoms. The van der Waals surface area contributed by atoms with Crippen LogP contribution in [0.2, 0.25) is 0 Å². The molecule has 6 heteroatoms. The van der Waals surface area contributed by atoms with E-state index in [1.807, 2.05) is 0 Å². The maximum Gasteiger partial charge on any atom is 0.259 e. The summed E-state index contributed by atoms with van der Waals surface area (Å²) in [5.41, 5.74) is 0.711. The van der Waals surface area contributed by atoms with Crippen molar-refractivity contribution < 1.29 is 14.3 Å². The molecule has 3 rings (SSSR count). The fourth-order valence-corrected chi connectivity index (χ4v) is 2.43. The first-order chi connectivity index (χ1) is 12.1. The molecule has 0 aliphatic carbocycles. The Morgan fingerprint density at radius 1 is 1.12 bits per heavy atom. The molecule has 126 valence electrons. The molecule has 1 aromatic heterocycles. The van der Waals surface area contributed by atoms with Crippen molar-refractivity contribution in [2.75, 3.05) is 14.2 Å². The van der Waals surface area contributed by atoms with E-state index < -0.39 is 0 Å². The van der Waals surface area contributed by atoms with Gasteiger partial charge in [0, 0.05) is 6.07 Å². The van der Waals surface area contributed by atoms with Crippen molar-refractivity contribution in [3.8, 4) is 11.5 Å². The van der Waals surface area contributed by atoms with Crippen molar-refractivity contribution >= 4 is 22.8 Å². The Morgan fingerprint density at radius 3 is 2.68 bits per heavy atom. The van der Waals surface area contributed by atoms with Crippen LogP contribution in [0.4, 0.5) is 0 Å². The summed E-state index contributed by atoms with van der Waals surface area (Å²) in [6, 6.07) is 12.0. The summed E-state index contributed by atoms with van der Waals surface area (Å²) < 4.78 is 10.3. The highest BCUT2D eigenvalue weighted by molar-refractivity contribution is 6.08. The molecule has 2 aromatic carbocycles. The number of allylic oxidation sites excluding steroid dienone is 1. The number of H-pyrrole nitrogens is 1. The Bertz CT molecular complexity index is 1020. The second-order valence-electron chi connectivity index (χ2n) is 5.23. The van der Waals surface area contributed by atoms with E-state index in [1.54, 1.807) is 42.5 Å². The van der Waals surface area contributed by atoms with E-state index in [4.69, 9.17) is 9.47 Å². The number of nitrogens with one attached hydrogen (secondary N) is 1. The molecular formula is C19H16N2O4. The molecular weight excluding hydrogens is 320 g/mol. The smallest absolute Gasteiger partial charge is 0.259 e. The first-order valence-corrected chi connectivity index (χ1v) is 7.56.